The molecule has 19 heavy (non-hydrogen) atoms. The number of methoxy groups -OCH3 is 2. The van der Waals surface area contributed by atoms with Crippen molar-refractivity contribution in [1.29, 1.82) is 0 Å². The number of carbonyl (C=O) groups is 1. The molecular formula is C13H13BrN2O3. The fraction of sp³-hybridized carbons (Fsp3) is 0.154. The van der Waals surface area contributed by atoms with Crippen LogP contribution in [0.4, 0.5) is 5.69 Å². The Morgan fingerprint density at radius 3 is 2.63 bits per heavy atom. The zero-order valence-electron chi connectivity index (χ0n) is 10.5. The first-order valence-corrected chi connectivity index (χ1v) is 6.30. The van der Waals surface area contributed by atoms with Crippen molar-refractivity contribution in [3.05, 3.63) is 40.6 Å². The number of hydrogen-bond acceptors (Lipinski definition) is 3. The molecule has 1 heterocycles. The average molecular weight is 325 g/mol. The van der Waals surface area contributed by atoms with Crippen LogP contribution in [0.1, 0.15) is 10.5 Å². The number of rotatable bonds is 4. The van der Waals surface area contributed by atoms with Gasteiger partial charge in [-0.05, 0) is 34.1 Å². The van der Waals surface area contributed by atoms with E-state index in [2.05, 4.69) is 26.2 Å². The molecule has 0 spiro atoms. The highest BCUT2D eigenvalue weighted by Crippen LogP contribution is 2.29. The van der Waals surface area contributed by atoms with Gasteiger partial charge < -0.3 is 19.8 Å². The van der Waals surface area contributed by atoms with Gasteiger partial charge in [0.15, 0.2) is 0 Å². The molecule has 0 aliphatic rings. The lowest BCUT2D eigenvalue weighted by molar-refractivity contribution is 0.102. The quantitative estimate of drug-likeness (QED) is 0.908. The van der Waals surface area contributed by atoms with Crippen molar-refractivity contribution in [3.63, 3.8) is 0 Å². The molecule has 100 valence electrons. The second-order valence-corrected chi connectivity index (χ2v) is 4.67. The van der Waals surface area contributed by atoms with Crippen molar-refractivity contribution < 1.29 is 14.3 Å². The minimum absolute atomic E-state index is 0.242. The van der Waals surface area contributed by atoms with Gasteiger partial charge in [-0.1, -0.05) is 0 Å². The lowest BCUT2D eigenvalue weighted by Gasteiger charge is -2.11. The van der Waals surface area contributed by atoms with E-state index in [0.29, 0.717) is 22.9 Å². The number of H-pyrrole nitrogens is 1. The van der Waals surface area contributed by atoms with E-state index in [-0.39, 0.29) is 5.91 Å². The summed E-state index contributed by atoms with van der Waals surface area (Å²) >= 11 is 3.28. The van der Waals surface area contributed by atoms with Crippen LogP contribution in [0, 0.1) is 0 Å². The summed E-state index contributed by atoms with van der Waals surface area (Å²) in [4.78, 5) is 14.9. The van der Waals surface area contributed by atoms with Crippen LogP contribution < -0.4 is 14.8 Å². The summed E-state index contributed by atoms with van der Waals surface area (Å²) in [5.74, 6) is 0.963. The first-order chi connectivity index (χ1) is 9.13. The highest BCUT2D eigenvalue weighted by Gasteiger charge is 2.12. The van der Waals surface area contributed by atoms with Gasteiger partial charge in [-0.2, -0.15) is 0 Å². The van der Waals surface area contributed by atoms with E-state index in [9.17, 15) is 4.79 Å². The van der Waals surface area contributed by atoms with Crippen LogP contribution in [0.5, 0.6) is 11.5 Å². The second-order valence-electron chi connectivity index (χ2n) is 3.75. The van der Waals surface area contributed by atoms with Gasteiger partial charge in [0, 0.05) is 16.7 Å². The lowest BCUT2D eigenvalue weighted by atomic mass is 10.2. The monoisotopic (exact) mass is 324 g/mol. The predicted molar refractivity (Wildman–Crippen MR) is 76.0 cm³/mol. The molecule has 2 rings (SSSR count). The van der Waals surface area contributed by atoms with Gasteiger partial charge in [0.2, 0.25) is 0 Å². The van der Waals surface area contributed by atoms with Crippen LogP contribution >= 0.6 is 15.9 Å². The summed E-state index contributed by atoms with van der Waals surface area (Å²) in [7, 11) is 3.11. The van der Waals surface area contributed by atoms with E-state index < -0.39 is 0 Å². The van der Waals surface area contributed by atoms with E-state index >= 15 is 0 Å². The van der Waals surface area contributed by atoms with Gasteiger partial charge in [-0.25, -0.2) is 0 Å². The smallest absolute Gasteiger partial charge is 0.272 e. The number of anilines is 1. The Kier molecular flexibility index (Phi) is 4.11. The van der Waals surface area contributed by atoms with E-state index in [1.165, 1.54) is 7.11 Å². The normalized spacial score (nSPS) is 10.1. The van der Waals surface area contributed by atoms with Crippen LogP contribution in [0.2, 0.25) is 0 Å². The minimum atomic E-state index is -0.242. The zero-order valence-corrected chi connectivity index (χ0v) is 12.1. The number of benzene rings is 1. The Labute approximate surface area is 119 Å². The summed E-state index contributed by atoms with van der Waals surface area (Å²) in [5.41, 5.74) is 1.05. The molecule has 0 aliphatic carbocycles. The molecule has 0 unspecified atom stereocenters. The zero-order chi connectivity index (χ0) is 13.8. The standard InChI is InChI=1S/C13H13BrN2O3/c1-18-9-3-4-10(12(6-9)19-2)16-13(17)11-5-8(14)7-15-11/h3-7,15H,1-2H3,(H,16,17). The fourth-order valence-electron chi connectivity index (χ4n) is 1.59. The summed E-state index contributed by atoms with van der Waals surface area (Å²) in [5, 5.41) is 2.77. The topological polar surface area (TPSA) is 63.3 Å². The van der Waals surface area contributed by atoms with E-state index in [0.717, 1.165) is 4.47 Å². The Hall–Kier alpha value is -1.95. The molecule has 5 nitrogen and oxygen atoms in total. The molecule has 1 aromatic heterocycles. The van der Waals surface area contributed by atoms with Crippen molar-refractivity contribution in [1.82, 2.24) is 4.98 Å². The number of amides is 1. The second kappa shape index (κ2) is 5.79. The molecule has 0 atom stereocenters. The first-order valence-electron chi connectivity index (χ1n) is 5.51. The molecule has 0 aliphatic heterocycles. The molecule has 0 saturated carbocycles. The number of aromatic amines is 1. The van der Waals surface area contributed by atoms with Gasteiger partial charge in [0.05, 0.1) is 19.9 Å². The van der Waals surface area contributed by atoms with Gasteiger partial charge in [0.25, 0.3) is 5.91 Å². The molecular weight excluding hydrogens is 312 g/mol. The third-order valence-electron chi connectivity index (χ3n) is 2.55. The van der Waals surface area contributed by atoms with Crippen molar-refractivity contribution in [2.45, 2.75) is 0 Å². The van der Waals surface area contributed by atoms with Gasteiger partial charge in [-0.3, -0.25) is 4.79 Å². The average Bonchev–Trinajstić information content (AvgIpc) is 2.86. The van der Waals surface area contributed by atoms with Gasteiger partial charge >= 0.3 is 0 Å². The van der Waals surface area contributed by atoms with Crippen molar-refractivity contribution >= 4 is 27.5 Å². The van der Waals surface area contributed by atoms with Crippen molar-refractivity contribution in [3.8, 4) is 11.5 Å². The number of carbonyl (C=O) groups excluding carboxylic acids is 1. The molecule has 2 aromatic rings. The van der Waals surface area contributed by atoms with Gasteiger partial charge in [0.1, 0.15) is 17.2 Å². The lowest BCUT2D eigenvalue weighted by Crippen LogP contribution is -2.12. The SMILES string of the molecule is COc1ccc(NC(=O)c2cc(Br)c[nH]2)c(OC)c1. The molecule has 0 bridgehead atoms. The summed E-state index contributed by atoms with van der Waals surface area (Å²) in [6.45, 7) is 0. The first kappa shape index (κ1) is 13.5. The van der Waals surface area contributed by atoms with Crippen LogP contribution in [-0.4, -0.2) is 25.1 Å². The van der Waals surface area contributed by atoms with E-state index in [1.807, 2.05) is 0 Å². The molecule has 0 radical (unpaired) electrons. The molecule has 6 heteroatoms. The van der Waals surface area contributed by atoms with Crippen LogP contribution in [0.3, 0.4) is 0 Å². The molecule has 2 N–H and O–H groups in total. The fourth-order valence-corrected chi connectivity index (χ4v) is 1.93. The van der Waals surface area contributed by atoms with Crippen molar-refractivity contribution in [2.24, 2.45) is 0 Å². The van der Waals surface area contributed by atoms with E-state index in [4.69, 9.17) is 9.47 Å². The predicted octanol–water partition coefficient (Wildman–Crippen LogP) is 3.05. The summed E-state index contributed by atoms with van der Waals surface area (Å²) in [6, 6.07) is 6.89. The van der Waals surface area contributed by atoms with Crippen LogP contribution in [-0.2, 0) is 0 Å². The maximum Gasteiger partial charge on any atom is 0.272 e. The maximum absolute atomic E-state index is 12.0. The Balaban J connectivity index is 2.21. The van der Waals surface area contributed by atoms with Crippen LogP contribution in [0.15, 0.2) is 34.9 Å². The highest BCUT2D eigenvalue weighted by atomic mass is 79.9. The highest BCUT2D eigenvalue weighted by molar-refractivity contribution is 9.10. The Bertz CT molecular complexity index is 595. The Morgan fingerprint density at radius 1 is 1.26 bits per heavy atom. The molecule has 1 aromatic carbocycles. The third kappa shape index (κ3) is 3.08. The maximum atomic E-state index is 12.0. The van der Waals surface area contributed by atoms with Gasteiger partial charge in [-0.15, -0.1) is 0 Å². The van der Waals surface area contributed by atoms with Crippen molar-refractivity contribution in [2.75, 3.05) is 19.5 Å². The number of ether oxygens (including phenoxy) is 2. The number of nitrogens with one attached hydrogen (secondary N) is 2. The number of hydrogen-bond donors (Lipinski definition) is 2. The molecule has 0 fully saturated rings. The third-order valence-corrected chi connectivity index (χ3v) is 3.01. The summed E-state index contributed by atoms with van der Waals surface area (Å²) in [6.07, 6.45) is 1.69. The largest absolute Gasteiger partial charge is 0.497 e. The number of halogens is 1. The van der Waals surface area contributed by atoms with E-state index in [1.54, 1.807) is 37.6 Å². The number of aromatic nitrogens is 1. The minimum Gasteiger partial charge on any atom is -0.497 e. The molecule has 0 saturated heterocycles. The summed E-state index contributed by atoms with van der Waals surface area (Å²) < 4.78 is 11.1. The Morgan fingerprint density at radius 2 is 2.05 bits per heavy atom. The van der Waals surface area contributed by atoms with Crippen LogP contribution in [0.25, 0.3) is 0 Å². The molecule has 1 amide bonds.